The van der Waals surface area contributed by atoms with Crippen LogP contribution in [0.5, 0.6) is 0 Å². The van der Waals surface area contributed by atoms with E-state index in [0.717, 1.165) is 12.4 Å². The van der Waals surface area contributed by atoms with Gasteiger partial charge in [0.05, 0.1) is 18.8 Å². The lowest BCUT2D eigenvalue weighted by atomic mass is 10.1. The molecule has 0 aliphatic rings. The molecule has 23 heavy (non-hydrogen) atoms. The second-order valence-electron chi connectivity index (χ2n) is 3.48. The molecule has 0 atom stereocenters. The zero-order chi connectivity index (χ0) is 18.4. The summed E-state index contributed by atoms with van der Waals surface area (Å²) in [6, 6.07) is 0.400. The summed E-state index contributed by atoms with van der Waals surface area (Å²) >= 11 is 0. The van der Waals surface area contributed by atoms with Crippen LogP contribution in [0.2, 0.25) is 0 Å². The average molecular weight is 333 g/mol. The highest BCUT2D eigenvalue weighted by molar-refractivity contribution is 6.02. The molecule has 0 saturated carbocycles. The Labute approximate surface area is 131 Å². The van der Waals surface area contributed by atoms with E-state index in [4.69, 9.17) is 24.8 Å². The number of hydrogen-bond acceptors (Lipinski definition) is 8. The van der Waals surface area contributed by atoms with Gasteiger partial charge >= 0.3 is 18.0 Å². The van der Waals surface area contributed by atoms with Crippen LogP contribution >= 0.6 is 0 Å². The van der Waals surface area contributed by atoms with Crippen molar-refractivity contribution in [1.82, 2.24) is 0 Å². The fraction of sp³-hybridized carbons (Fsp3) is 0.333. The third-order valence-electron chi connectivity index (χ3n) is 1.93. The number of urea groups is 1. The van der Waals surface area contributed by atoms with Gasteiger partial charge in [-0.3, -0.25) is 10.5 Å². The van der Waals surface area contributed by atoms with Gasteiger partial charge in [-0.25, -0.2) is 14.4 Å². The number of pyridine rings is 1. The van der Waals surface area contributed by atoms with Gasteiger partial charge < -0.3 is 26.1 Å². The van der Waals surface area contributed by atoms with Crippen molar-refractivity contribution >= 4 is 18.0 Å². The van der Waals surface area contributed by atoms with E-state index < -0.39 is 18.0 Å². The summed E-state index contributed by atoms with van der Waals surface area (Å²) in [4.78, 5) is 32.1. The number of ether oxygens (including phenoxy) is 2. The van der Waals surface area contributed by atoms with E-state index in [1.54, 1.807) is 13.8 Å². The number of rotatable bonds is 4. The van der Waals surface area contributed by atoms with Crippen molar-refractivity contribution in [2.45, 2.75) is 13.8 Å². The molecule has 0 spiro atoms. The Bertz CT molecular complexity index is 517. The molecule has 130 valence electrons. The molecule has 6 N–H and O–H groups in total. The molecule has 0 saturated heterocycles. The fourth-order valence-corrected chi connectivity index (χ4v) is 1.24. The second kappa shape index (κ2) is 12.8. The lowest BCUT2D eigenvalue weighted by Crippen LogP contribution is -2.28. The maximum Gasteiger partial charge on any atom is 0.345 e. The Morgan fingerprint density at radius 2 is 1.48 bits per heavy atom. The van der Waals surface area contributed by atoms with Crippen LogP contribution in [0.3, 0.4) is 0 Å². The van der Waals surface area contributed by atoms with Crippen LogP contribution in [0.1, 0.15) is 34.6 Å². The van der Waals surface area contributed by atoms with Gasteiger partial charge in [-0.05, 0) is 13.8 Å². The van der Waals surface area contributed by atoms with Crippen LogP contribution in [0.4, 0.5) is 4.79 Å². The maximum atomic E-state index is 11.5. The first kappa shape index (κ1) is 22.4. The Morgan fingerprint density at radius 3 is 1.87 bits per heavy atom. The summed E-state index contributed by atoms with van der Waals surface area (Å²) in [6.45, 7) is 3.64. The Hall–Kier alpha value is -2.92. The number of carbonyl (C=O) groups excluding carboxylic acids is 3. The highest BCUT2D eigenvalue weighted by Crippen LogP contribution is 2.09. The third-order valence-corrected chi connectivity index (χ3v) is 1.93. The number of primary amides is 2. The molecule has 2 amide bonds. The number of amides is 2. The van der Waals surface area contributed by atoms with E-state index in [9.17, 15) is 14.8 Å². The van der Waals surface area contributed by atoms with Crippen LogP contribution in [0, 0.1) is 5.21 Å². The van der Waals surface area contributed by atoms with Crippen molar-refractivity contribution < 1.29 is 39.1 Å². The number of nitrogens with zero attached hydrogens (tertiary/aromatic N) is 1. The van der Waals surface area contributed by atoms with Gasteiger partial charge in [-0.15, -0.1) is 0 Å². The van der Waals surface area contributed by atoms with E-state index in [2.05, 4.69) is 11.5 Å². The first-order chi connectivity index (χ1) is 10.8. The molecule has 1 heterocycles. The molecule has 1 aromatic heterocycles. The molecule has 1 aromatic rings. The first-order valence-corrected chi connectivity index (χ1v) is 6.15. The van der Waals surface area contributed by atoms with Gasteiger partial charge in [-0.2, -0.15) is 4.73 Å². The lowest BCUT2D eigenvalue weighted by molar-refractivity contribution is -0.605. The molecule has 11 heteroatoms. The van der Waals surface area contributed by atoms with Gasteiger partial charge in [0.2, 0.25) is 0 Å². The third kappa shape index (κ3) is 9.60. The SMILES string of the molecule is CCOC(=O)c1cc[n+]([O-])cc1C(=O)OCC.NC(N)=O.OO. The van der Waals surface area contributed by atoms with E-state index in [1.807, 2.05) is 0 Å². The van der Waals surface area contributed by atoms with Crippen molar-refractivity contribution in [3.63, 3.8) is 0 Å². The standard InChI is InChI=1S/C11H13NO5.CH4N2O.H2O2/c1-3-16-10(13)8-5-6-12(15)7-9(8)11(14)17-4-2;2-1(3)4;1-2/h5-7H,3-4H2,1-2H3;(H4,2,3,4);1-2H. The predicted molar refractivity (Wildman–Crippen MR) is 76.3 cm³/mol. The molecule has 0 fully saturated rings. The van der Waals surface area contributed by atoms with E-state index >= 15 is 0 Å². The maximum absolute atomic E-state index is 11.5. The number of carbonyl (C=O) groups is 3. The number of esters is 2. The topological polar surface area (TPSA) is 189 Å². The lowest BCUT2D eigenvalue weighted by Gasteiger charge is -2.07. The predicted octanol–water partition coefficient (Wildman–Crippen LogP) is -0.285. The second-order valence-corrected chi connectivity index (χ2v) is 3.48. The molecular weight excluding hydrogens is 314 g/mol. The minimum absolute atomic E-state index is 0.0254. The summed E-state index contributed by atoms with van der Waals surface area (Å²) in [5, 5.41) is 23.1. The van der Waals surface area contributed by atoms with Crippen LogP contribution < -0.4 is 16.2 Å². The van der Waals surface area contributed by atoms with Gasteiger partial charge in [0.1, 0.15) is 5.56 Å². The number of hydrogen-bond donors (Lipinski definition) is 4. The molecule has 0 radical (unpaired) electrons. The van der Waals surface area contributed by atoms with E-state index in [1.165, 1.54) is 6.07 Å². The van der Waals surface area contributed by atoms with Crippen molar-refractivity contribution in [3.05, 3.63) is 34.8 Å². The molecule has 1 rings (SSSR count). The average Bonchev–Trinajstić information content (AvgIpc) is 2.49. The minimum atomic E-state index is -0.833. The molecule has 0 aromatic carbocycles. The summed E-state index contributed by atoms with van der Waals surface area (Å²) in [7, 11) is 0. The summed E-state index contributed by atoms with van der Waals surface area (Å²) in [5.74, 6) is -1.38. The van der Waals surface area contributed by atoms with Crippen molar-refractivity contribution in [3.8, 4) is 0 Å². The van der Waals surface area contributed by atoms with E-state index in [0.29, 0.717) is 4.73 Å². The fourth-order valence-electron chi connectivity index (χ4n) is 1.24. The monoisotopic (exact) mass is 333 g/mol. The molecule has 11 nitrogen and oxygen atoms in total. The Kier molecular flexibility index (Phi) is 12.4. The van der Waals surface area contributed by atoms with Crippen LogP contribution in [0.25, 0.3) is 0 Å². The van der Waals surface area contributed by atoms with Crippen LogP contribution in [-0.4, -0.2) is 41.7 Å². The molecule has 0 aliphatic carbocycles. The van der Waals surface area contributed by atoms with Crippen molar-refractivity contribution in [2.24, 2.45) is 11.5 Å². The largest absolute Gasteiger partial charge is 0.619 e. The van der Waals surface area contributed by atoms with Gasteiger partial charge in [0.25, 0.3) is 0 Å². The normalized spacial score (nSPS) is 8.52. The van der Waals surface area contributed by atoms with Crippen LogP contribution in [0.15, 0.2) is 18.5 Å². The quantitative estimate of drug-likeness (QED) is 0.190. The van der Waals surface area contributed by atoms with Gasteiger partial charge in [0, 0.05) is 6.07 Å². The molecule has 0 bridgehead atoms. The van der Waals surface area contributed by atoms with Crippen molar-refractivity contribution in [2.75, 3.05) is 13.2 Å². The van der Waals surface area contributed by atoms with Crippen LogP contribution in [-0.2, 0) is 9.47 Å². The zero-order valence-corrected chi connectivity index (χ0v) is 12.6. The number of aromatic nitrogens is 1. The highest BCUT2D eigenvalue weighted by Gasteiger charge is 2.22. The summed E-state index contributed by atoms with van der Waals surface area (Å²) < 4.78 is 9.96. The van der Waals surface area contributed by atoms with E-state index in [-0.39, 0.29) is 24.3 Å². The summed E-state index contributed by atoms with van der Waals surface area (Å²) in [5.41, 5.74) is 8.43. The Balaban J connectivity index is 0. The summed E-state index contributed by atoms with van der Waals surface area (Å²) in [6.07, 6.45) is 2.11. The number of nitrogens with two attached hydrogens (primary N) is 2. The molecule has 0 aliphatic heterocycles. The highest BCUT2D eigenvalue weighted by atomic mass is 17.0. The Morgan fingerprint density at radius 1 is 1.09 bits per heavy atom. The molecule has 0 unspecified atom stereocenters. The minimum Gasteiger partial charge on any atom is -0.619 e. The van der Waals surface area contributed by atoms with Crippen molar-refractivity contribution in [1.29, 1.82) is 0 Å². The first-order valence-electron chi connectivity index (χ1n) is 6.15. The smallest absolute Gasteiger partial charge is 0.345 e. The molecular formula is C12H19N3O8. The van der Waals surface area contributed by atoms with Gasteiger partial charge in [-0.1, -0.05) is 0 Å². The zero-order valence-electron chi connectivity index (χ0n) is 12.6. The van der Waals surface area contributed by atoms with Gasteiger partial charge in [0.15, 0.2) is 12.4 Å².